The largest absolute Gasteiger partial charge is 0.507 e. The van der Waals surface area contributed by atoms with Crippen molar-refractivity contribution >= 4 is 52.0 Å². The number of halogens is 3. The second kappa shape index (κ2) is 9.17. The van der Waals surface area contributed by atoms with Gasteiger partial charge in [0.25, 0.3) is 11.7 Å². The number of aliphatic hydroxyl groups excluding tert-OH is 1. The fourth-order valence-electron chi connectivity index (χ4n) is 3.81. The molecule has 0 bridgehead atoms. The number of amides is 1. The van der Waals surface area contributed by atoms with Crippen LogP contribution in [0.2, 0.25) is 10.0 Å². The summed E-state index contributed by atoms with van der Waals surface area (Å²) in [4.78, 5) is 28.3. The van der Waals surface area contributed by atoms with Crippen molar-refractivity contribution in [1.82, 2.24) is 4.90 Å². The third-order valence-corrected chi connectivity index (χ3v) is 7.06. The highest BCUT2D eigenvalue weighted by atomic mass is 35.5. The van der Waals surface area contributed by atoms with Gasteiger partial charge in [-0.2, -0.15) is 0 Å². The highest BCUT2D eigenvalue weighted by Crippen LogP contribution is 2.44. The van der Waals surface area contributed by atoms with Gasteiger partial charge in [0, 0.05) is 17.0 Å². The number of carbonyl (C=O) groups is 2. The molecule has 5 nitrogen and oxygen atoms in total. The van der Waals surface area contributed by atoms with E-state index in [4.69, 9.17) is 27.9 Å². The topological polar surface area (TPSA) is 66.8 Å². The molecule has 1 fully saturated rings. The fourth-order valence-corrected chi connectivity index (χ4v) is 5.50. The molecular weight excluding hydrogens is 488 g/mol. The molecule has 1 saturated heterocycles. The molecule has 2 heterocycles. The number of hydrogen-bond donors (Lipinski definition) is 1. The normalized spacial score (nSPS) is 17.6. The number of carbonyl (C=O) groups excluding carboxylic acids is 2. The molecule has 3 aromatic rings. The molecule has 2 aromatic carbocycles. The van der Waals surface area contributed by atoms with Gasteiger partial charge < -0.3 is 14.7 Å². The zero-order chi connectivity index (χ0) is 23.9. The molecule has 0 spiro atoms. The van der Waals surface area contributed by atoms with E-state index in [9.17, 15) is 19.1 Å². The lowest BCUT2D eigenvalue weighted by molar-refractivity contribution is -0.140. The van der Waals surface area contributed by atoms with Crippen molar-refractivity contribution in [3.05, 3.63) is 90.8 Å². The van der Waals surface area contributed by atoms with E-state index in [1.165, 1.54) is 47.6 Å². The van der Waals surface area contributed by atoms with E-state index in [-0.39, 0.29) is 39.2 Å². The van der Waals surface area contributed by atoms with Gasteiger partial charge in [-0.05, 0) is 53.8 Å². The molecule has 4 rings (SSSR count). The number of ether oxygens (including phenoxy) is 1. The Morgan fingerprint density at radius 2 is 1.79 bits per heavy atom. The average Bonchev–Trinajstić information content (AvgIpc) is 3.30. The fraction of sp³-hybridized carbons (Fsp3) is 0.167. The van der Waals surface area contributed by atoms with Crippen LogP contribution in [0.1, 0.15) is 27.6 Å². The third kappa shape index (κ3) is 4.24. The van der Waals surface area contributed by atoms with Gasteiger partial charge in [-0.3, -0.25) is 9.59 Å². The number of methoxy groups -OCH3 is 1. The summed E-state index contributed by atoms with van der Waals surface area (Å²) in [6.07, 6.45) is 0. The molecule has 1 aliphatic rings. The molecule has 0 aliphatic carbocycles. The zero-order valence-corrected chi connectivity index (χ0v) is 19.9. The predicted molar refractivity (Wildman–Crippen MR) is 126 cm³/mol. The second-order valence-electron chi connectivity index (χ2n) is 7.49. The van der Waals surface area contributed by atoms with Gasteiger partial charge in [0.1, 0.15) is 17.6 Å². The summed E-state index contributed by atoms with van der Waals surface area (Å²) in [5.74, 6) is -2.14. The number of hydrogen-bond acceptors (Lipinski definition) is 5. The number of benzene rings is 2. The average molecular weight is 506 g/mol. The summed E-state index contributed by atoms with van der Waals surface area (Å²) in [7, 11) is 1.41. The third-order valence-electron chi connectivity index (χ3n) is 5.43. The summed E-state index contributed by atoms with van der Waals surface area (Å²) in [5.41, 5.74) is 1.63. The van der Waals surface area contributed by atoms with Gasteiger partial charge in [-0.15, -0.1) is 11.3 Å². The maximum absolute atomic E-state index is 13.4. The number of nitrogens with zero attached hydrogens (tertiary/aromatic N) is 1. The Kier molecular flexibility index (Phi) is 6.47. The lowest BCUT2D eigenvalue weighted by Crippen LogP contribution is -2.29. The van der Waals surface area contributed by atoms with E-state index in [1.807, 2.05) is 18.4 Å². The van der Waals surface area contributed by atoms with Gasteiger partial charge in [-0.1, -0.05) is 35.3 Å². The quantitative estimate of drug-likeness (QED) is 0.257. The molecule has 9 heteroatoms. The Morgan fingerprint density at radius 3 is 2.33 bits per heavy atom. The van der Waals surface area contributed by atoms with E-state index >= 15 is 0 Å². The summed E-state index contributed by atoms with van der Waals surface area (Å²) in [6, 6.07) is 9.58. The van der Waals surface area contributed by atoms with Crippen molar-refractivity contribution in [2.45, 2.75) is 19.5 Å². The van der Waals surface area contributed by atoms with Gasteiger partial charge in [0.05, 0.1) is 22.7 Å². The number of thiophene rings is 1. The first kappa shape index (κ1) is 23.3. The Labute approximate surface area is 203 Å². The molecule has 0 saturated carbocycles. The van der Waals surface area contributed by atoms with Crippen molar-refractivity contribution in [3.63, 3.8) is 0 Å². The van der Waals surface area contributed by atoms with Crippen LogP contribution >= 0.6 is 34.5 Å². The summed E-state index contributed by atoms with van der Waals surface area (Å²) >= 11 is 13.8. The van der Waals surface area contributed by atoms with Crippen molar-refractivity contribution < 1.29 is 23.8 Å². The maximum Gasteiger partial charge on any atom is 0.295 e. The zero-order valence-electron chi connectivity index (χ0n) is 17.6. The molecule has 1 unspecified atom stereocenters. The first-order valence-electron chi connectivity index (χ1n) is 9.83. The van der Waals surface area contributed by atoms with Crippen LogP contribution in [0.3, 0.4) is 0 Å². The molecular formula is C24H18Cl2FNO4S. The smallest absolute Gasteiger partial charge is 0.295 e. The number of aryl methyl sites for hydroxylation is 1. The van der Waals surface area contributed by atoms with E-state index in [0.717, 1.165) is 10.4 Å². The first-order chi connectivity index (χ1) is 15.7. The Morgan fingerprint density at radius 1 is 1.15 bits per heavy atom. The lowest BCUT2D eigenvalue weighted by Gasteiger charge is -2.25. The van der Waals surface area contributed by atoms with E-state index in [2.05, 4.69) is 0 Å². The van der Waals surface area contributed by atoms with Crippen molar-refractivity contribution in [2.75, 3.05) is 7.11 Å². The van der Waals surface area contributed by atoms with Crippen molar-refractivity contribution in [1.29, 1.82) is 0 Å². The molecule has 1 aromatic heterocycles. The molecule has 1 N–H and O–H groups in total. The highest BCUT2D eigenvalue weighted by Gasteiger charge is 2.47. The Bertz CT molecular complexity index is 1260. The standard InChI is InChI=1S/C24H18Cl2FNO4S/c1-12-7-8-33-23(12)19-18(20(29)14-9-16(25)22(32-2)17(26)10-14)21(30)24(31)28(19)11-13-3-5-15(27)6-4-13/h3-10,19,29H,11H2,1-2H3/b20-18-. The molecule has 1 aliphatic heterocycles. The molecule has 33 heavy (non-hydrogen) atoms. The maximum atomic E-state index is 13.4. The van der Waals surface area contributed by atoms with Crippen LogP contribution in [0.25, 0.3) is 5.76 Å². The van der Waals surface area contributed by atoms with Crippen LogP contribution < -0.4 is 4.74 Å². The van der Waals surface area contributed by atoms with Gasteiger partial charge >= 0.3 is 0 Å². The van der Waals surface area contributed by atoms with Crippen LogP contribution in [0.15, 0.2) is 53.4 Å². The summed E-state index contributed by atoms with van der Waals surface area (Å²) in [6.45, 7) is 1.93. The minimum Gasteiger partial charge on any atom is -0.507 e. The van der Waals surface area contributed by atoms with Crippen LogP contribution in [0.4, 0.5) is 4.39 Å². The number of rotatable bonds is 5. The molecule has 170 valence electrons. The Hall–Kier alpha value is -2.87. The first-order valence-corrected chi connectivity index (χ1v) is 11.5. The van der Waals surface area contributed by atoms with E-state index in [0.29, 0.717) is 5.56 Å². The van der Waals surface area contributed by atoms with Crippen LogP contribution in [0, 0.1) is 12.7 Å². The number of ketones is 1. The summed E-state index contributed by atoms with van der Waals surface area (Å²) in [5, 5.41) is 13.3. The molecule has 0 radical (unpaired) electrons. The van der Waals surface area contributed by atoms with E-state index in [1.54, 1.807) is 12.1 Å². The van der Waals surface area contributed by atoms with Crippen LogP contribution in [-0.4, -0.2) is 28.8 Å². The number of aliphatic hydroxyl groups is 1. The second-order valence-corrected chi connectivity index (χ2v) is 9.26. The minimum atomic E-state index is -0.824. The SMILES string of the molecule is COc1c(Cl)cc(/C(O)=C2/C(=O)C(=O)N(Cc3ccc(F)cc3)C2c2sccc2C)cc1Cl. The van der Waals surface area contributed by atoms with Crippen molar-refractivity contribution in [2.24, 2.45) is 0 Å². The van der Waals surface area contributed by atoms with Gasteiger partial charge in [0.15, 0.2) is 5.75 Å². The number of likely N-dealkylation sites (tertiary alicyclic amines) is 1. The summed E-state index contributed by atoms with van der Waals surface area (Å²) < 4.78 is 18.5. The molecule has 1 atom stereocenters. The Balaban J connectivity index is 1.87. The van der Waals surface area contributed by atoms with Gasteiger partial charge in [-0.25, -0.2) is 4.39 Å². The van der Waals surface area contributed by atoms with E-state index < -0.39 is 23.5 Å². The number of Topliss-reactive ketones (excluding diaryl/α,β-unsaturated/α-hetero) is 1. The van der Waals surface area contributed by atoms with Crippen LogP contribution in [0.5, 0.6) is 5.75 Å². The molecule has 1 amide bonds. The monoisotopic (exact) mass is 505 g/mol. The van der Waals surface area contributed by atoms with Gasteiger partial charge in [0.2, 0.25) is 0 Å². The highest BCUT2D eigenvalue weighted by molar-refractivity contribution is 7.10. The predicted octanol–water partition coefficient (Wildman–Crippen LogP) is 6.13. The minimum absolute atomic E-state index is 0.0633. The lowest BCUT2D eigenvalue weighted by atomic mass is 9.98. The van der Waals surface area contributed by atoms with Crippen LogP contribution in [-0.2, 0) is 16.1 Å². The van der Waals surface area contributed by atoms with Crippen molar-refractivity contribution in [3.8, 4) is 5.75 Å².